The van der Waals surface area contributed by atoms with E-state index in [1.165, 1.54) is 13.2 Å². The van der Waals surface area contributed by atoms with Crippen LogP contribution in [0.25, 0.3) is 0 Å². The lowest BCUT2D eigenvalue weighted by atomic mass is 10.3. The molecule has 1 atom stereocenters. The van der Waals surface area contributed by atoms with Gasteiger partial charge in [0.1, 0.15) is 6.10 Å². The van der Waals surface area contributed by atoms with E-state index in [1.54, 1.807) is 6.08 Å². The van der Waals surface area contributed by atoms with Crippen molar-refractivity contribution in [3.8, 4) is 0 Å². The van der Waals surface area contributed by atoms with Gasteiger partial charge in [-0.3, -0.25) is 0 Å². The monoisotopic (exact) mass is 186 g/mol. The zero-order valence-corrected chi connectivity index (χ0v) is 8.07. The van der Waals surface area contributed by atoms with E-state index in [0.717, 1.165) is 0 Å². The maximum absolute atomic E-state index is 10.7. The summed E-state index contributed by atoms with van der Waals surface area (Å²) < 4.78 is 15.2. The molecular weight excluding hydrogens is 172 g/mol. The maximum Gasteiger partial charge on any atom is 0.330 e. The summed E-state index contributed by atoms with van der Waals surface area (Å²) in [5.41, 5.74) is 0. The molecule has 0 aromatic rings. The van der Waals surface area contributed by atoms with Gasteiger partial charge in [-0.25, -0.2) is 4.79 Å². The van der Waals surface area contributed by atoms with Crippen LogP contribution in [0.1, 0.15) is 13.8 Å². The SMILES string of the molecule is COC(=O)C=C[C@@H]1COC(C)(C)O1. The Morgan fingerprint density at radius 2 is 2.31 bits per heavy atom. The summed E-state index contributed by atoms with van der Waals surface area (Å²) in [6.45, 7) is 4.14. The molecule has 4 heteroatoms. The van der Waals surface area contributed by atoms with Gasteiger partial charge in [-0.15, -0.1) is 0 Å². The average Bonchev–Trinajstić information content (AvgIpc) is 2.41. The Morgan fingerprint density at radius 3 is 2.77 bits per heavy atom. The third kappa shape index (κ3) is 3.16. The van der Waals surface area contributed by atoms with E-state index in [9.17, 15) is 4.79 Å². The molecule has 1 fully saturated rings. The molecule has 0 aliphatic carbocycles. The molecule has 0 aromatic carbocycles. The molecule has 4 nitrogen and oxygen atoms in total. The van der Waals surface area contributed by atoms with Crippen LogP contribution in [0.3, 0.4) is 0 Å². The maximum atomic E-state index is 10.7. The Morgan fingerprint density at radius 1 is 1.62 bits per heavy atom. The lowest BCUT2D eigenvalue weighted by molar-refractivity contribution is -0.136. The molecule has 0 radical (unpaired) electrons. The van der Waals surface area contributed by atoms with E-state index < -0.39 is 5.79 Å². The molecule has 0 unspecified atom stereocenters. The number of hydrogen-bond acceptors (Lipinski definition) is 4. The molecule has 0 aromatic heterocycles. The van der Waals surface area contributed by atoms with Gasteiger partial charge in [0.25, 0.3) is 0 Å². The number of carbonyl (C=O) groups excluding carboxylic acids is 1. The summed E-state index contributed by atoms with van der Waals surface area (Å²) in [7, 11) is 1.34. The molecule has 1 heterocycles. The van der Waals surface area contributed by atoms with Crippen molar-refractivity contribution in [3.05, 3.63) is 12.2 Å². The van der Waals surface area contributed by atoms with Crippen molar-refractivity contribution in [1.82, 2.24) is 0 Å². The molecule has 1 aliphatic heterocycles. The average molecular weight is 186 g/mol. The predicted molar refractivity (Wildman–Crippen MR) is 46.1 cm³/mol. The van der Waals surface area contributed by atoms with Gasteiger partial charge in [-0.05, 0) is 19.9 Å². The van der Waals surface area contributed by atoms with Crippen molar-refractivity contribution in [1.29, 1.82) is 0 Å². The van der Waals surface area contributed by atoms with Crippen molar-refractivity contribution in [2.45, 2.75) is 25.7 Å². The fraction of sp³-hybridized carbons (Fsp3) is 0.667. The highest BCUT2D eigenvalue weighted by Crippen LogP contribution is 2.22. The largest absolute Gasteiger partial charge is 0.466 e. The van der Waals surface area contributed by atoms with E-state index in [-0.39, 0.29) is 12.1 Å². The fourth-order valence-electron chi connectivity index (χ4n) is 1.06. The third-order valence-corrected chi connectivity index (χ3v) is 1.68. The summed E-state index contributed by atoms with van der Waals surface area (Å²) in [6, 6.07) is 0. The summed E-state index contributed by atoms with van der Waals surface area (Å²) >= 11 is 0. The van der Waals surface area contributed by atoms with Gasteiger partial charge in [0.2, 0.25) is 0 Å². The van der Waals surface area contributed by atoms with Crippen molar-refractivity contribution in [2.75, 3.05) is 13.7 Å². The summed E-state index contributed by atoms with van der Waals surface area (Å²) in [5.74, 6) is -0.932. The van der Waals surface area contributed by atoms with Gasteiger partial charge in [-0.1, -0.05) is 0 Å². The Kier molecular flexibility index (Phi) is 3.06. The summed E-state index contributed by atoms with van der Waals surface area (Å²) in [5, 5.41) is 0. The summed E-state index contributed by atoms with van der Waals surface area (Å²) in [6.07, 6.45) is 2.82. The second-order valence-electron chi connectivity index (χ2n) is 3.25. The molecule has 0 N–H and O–H groups in total. The molecule has 1 aliphatic rings. The van der Waals surface area contributed by atoms with Gasteiger partial charge in [-0.2, -0.15) is 0 Å². The first-order valence-corrected chi connectivity index (χ1v) is 4.11. The highest BCUT2D eigenvalue weighted by atomic mass is 16.7. The van der Waals surface area contributed by atoms with Crippen molar-refractivity contribution in [2.24, 2.45) is 0 Å². The molecule has 0 amide bonds. The van der Waals surface area contributed by atoms with Crippen molar-refractivity contribution >= 4 is 5.97 Å². The minimum Gasteiger partial charge on any atom is -0.466 e. The van der Waals surface area contributed by atoms with E-state index in [2.05, 4.69) is 4.74 Å². The number of rotatable bonds is 2. The normalized spacial score (nSPS) is 26.5. The van der Waals surface area contributed by atoms with E-state index in [1.807, 2.05) is 13.8 Å². The number of esters is 1. The van der Waals surface area contributed by atoms with E-state index in [4.69, 9.17) is 9.47 Å². The first-order valence-electron chi connectivity index (χ1n) is 4.11. The molecular formula is C9H14O4. The van der Waals surface area contributed by atoms with Gasteiger partial charge >= 0.3 is 5.97 Å². The smallest absolute Gasteiger partial charge is 0.330 e. The zero-order chi connectivity index (χ0) is 9.90. The van der Waals surface area contributed by atoms with Crippen LogP contribution in [0.2, 0.25) is 0 Å². The second-order valence-corrected chi connectivity index (χ2v) is 3.25. The topological polar surface area (TPSA) is 44.8 Å². The lowest BCUT2D eigenvalue weighted by Gasteiger charge is -2.15. The molecule has 0 spiro atoms. The molecule has 13 heavy (non-hydrogen) atoms. The Hall–Kier alpha value is -0.870. The number of carbonyl (C=O) groups is 1. The minimum absolute atomic E-state index is 0.158. The minimum atomic E-state index is -0.550. The van der Waals surface area contributed by atoms with Gasteiger partial charge in [0.05, 0.1) is 13.7 Å². The van der Waals surface area contributed by atoms with Crippen LogP contribution in [0.15, 0.2) is 12.2 Å². The highest BCUT2D eigenvalue weighted by molar-refractivity contribution is 5.81. The Labute approximate surface area is 77.5 Å². The Balaban J connectivity index is 2.40. The lowest BCUT2D eigenvalue weighted by Crippen LogP contribution is -2.20. The van der Waals surface area contributed by atoms with Crippen molar-refractivity contribution in [3.63, 3.8) is 0 Å². The fourth-order valence-corrected chi connectivity index (χ4v) is 1.06. The van der Waals surface area contributed by atoms with Crippen LogP contribution in [0.4, 0.5) is 0 Å². The first kappa shape index (κ1) is 10.2. The Bertz CT molecular complexity index is 220. The van der Waals surface area contributed by atoms with E-state index in [0.29, 0.717) is 6.61 Å². The zero-order valence-electron chi connectivity index (χ0n) is 8.07. The molecule has 1 saturated heterocycles. The van der Waals surface area contributed by atoms with Crippen LogP contribution in [-0.2, 0) is 19.0 Å². The second kappa shape index (κ2) is 3.89. The quantitative estimate of drug-likeness (QED) is 0.474. The molecule has 0 saturated carbocycles. The first-order chi connectivity index (χ1) is 6.03. The van der Waals surface area contributed by atoms with E-state index >= 15 is 0 Å². The molecule has 0 bridgehead atoms. The van der Waals surface area contributed by atoms with Crippen LogP contribution in [-0.4, -0.2) is 31.6 Å². The standard InChI is InChI=1S/C9H14O4/c1-9(2)12-6-7(13-9)4-5-8(10)11-3/h4-5,7H,6H2,1-3H3/t7-/m1/s1. The van der Waals surface area contributed by atoms with Crippen LogP contribution in [0, 0.1) is 0 Å². The number of ether oxygens (including phenoxy) is 3. The van der Waals surface area contributed by atoms with Crippen LogP contribution in [0.5, 0.6) is 0 Å². The highest BCUT2D eigenvalue weighted by Gasteiger charge is 2.30. The number of hydrogen-bond donors (Lipinski definition) is 0. The number of methoxy groups -OCH3 is 1. The van der Waals surface area contributed by atoms with Gasteiger partial charge in [0.15, 0.2) is 5.79 Å². The van der Waals surface area contributed by atoms with Gasteiger partial charge < -0.3 is 14.2 Å². The van der Waals surface area contributed by atoms with Crippen LogP contribution >= 0.6 is 0 Å². The molecule has 74 valence electrons. The summed E-state index contributed by atoms with van der Waals surface area (Å²) in [4.78, 5) is 10.7. The van der Waals surface area contributed by atoms with Crippen molar-refractivity contribution < 1.29 is 19.0 Å². The van der Waals surface area contributed by atoms with Crippen LogP contribution < -0.4 is 0 Å². The predicted octanol–water partition coefficient (Wildman–Crippen LogP) is 0.867. The third-order valence-electron chi connectivity index (χ3n) is 1.68. The van der Waals surface area contributed by atoms with Gasteiger partial charge in [0, 0.05) is 6.08 Å². The molecule has 1 rings (SSSR count).